The average molecular weight is 469 g/mol. The van der Waals surface area contributed by atoms with Gasteiger partial charge in [0.1, 0.15) is 5.00 Å². The molecule has 174 valence electrons. The number of thiophene rings is 1. The van der Waals surface area contributed by atoms with Crippen LogP contribution in [0.1, 0.15) is 63.2 Å². The van der Waals surface area contributed by atoms with E-state index in [1.807, 2.05) is 52.0 Å². The van der Waals surface area contributed by atoms with Crippen LogP contribution >= 0.6 is 11.3 Å². The summed E-state index contributed by atoms with van der Waals surface area (Å²) in [6.45, 7) is 9.14. The van der Waals surface area contributed by atoms with Gasteiger partial charge in [-0.25, -0.2) is 9.59 Å². The molecular formula is C25H28N2O5S. The lowest BCUT2D eigenvalue weighted by atomic mass is 10.0. The molecule has 0 bridgehead atoms. The number of aryl methyl sites for hydroxylation is 2. The molecule has 0 atom stereocenters. The molecule has 0 aliphatic rings. The number of nitrogens with one attached hydrogen (secondary N) is 1. The van der Waals surface area contributed by atoms with E-state index in [0.29, 0.717) is 39.9 Å². The summed E-state index contributed by atoms with van der Waals surface area (Å²) in [5, 5.41) is 3.80. The molecule has 0 spiro atoms. The first-order valence-electron chi connectivity index (χ1n) is 11.0. The number of pyridine rings is 1. The van der Waals surface area contributed by atoms with E-state index in [4.69, 9.17) is 9.47 Å². The lowest BCUT2D eigenvalue weighted by Crippen LogP contribution is -2.22. The van der Waals surface area contributed by atoms with E-state index in [1.165, 1.54) is 11.3 Å². The molecule has 3 aromatic rings. The van der Waals surface area contributed by atoms with Crippen molar-refractivity contribution in [3.05, 3.63) is 57.1 Å². The van der Waals surface area contributed by atoms with Crippen LogP contribution in [-0.2, 0) is 27.1 Å². The average Bonchev–Trinajstić information content (AvgIpc) is 3.11. The summed E-state index contributed by atoms with van der Waals surface area (Å²) in [5.41, 5.74) is 3.88. The van der Waals surface area contributed by atoms with E-state index < -0.39 is 24.5 Å². The first-order valence-corrected chi connectivity index (χ1v) is 11.8. The number of carbonyl (C=O) groups is 3. The largest absolute Gasteiger partial charge is 0.462 e. The monoisotopic (exact) mass is 468 g/mol. The molecule has 1 aromatic carbocycles. The van der Waals surface area contributed by atoms with Crippen LogP contribution in [0.25, 0.3) is 10.9 Å². The third-order valence-electron chi connectivity index (χ3n) is 5.41. The number of hydrogen-bond acceptors (Lipinski definition) is 7. The lowest BCUT2D eigenvalue weighted by Gasteiger charge is -2.13. The number of rotatable bonds is 8. The normalized spacial score (nSPS) is 10.8. The minimum Gasteiger partial charge on any atom is -0.462 e. The van der Waals surface area contributed by atoms with Gasteiger partial charge in [0.25, 0.3) is 5.91 Å². The van der Waals surface area contributed by atoms with Gasteiger partial charge in [0.05, 0.1) is 23.3 Å². The Morgan fingerprint density at radius 3 is 2.33 bits per heavy atom. The van der Waals surface area contributed by atoms with Crippen LogP contribution in [0, 0.1) is 13.8 Å². The summed E-state index contributed by atoms with van der Waals surface area (Å²) in [5.74, 6) is -1.58. The Morgan fingerprint density at radius 1 is 0.970 bits per heavy atom. The number of carbonyl (C=O) groups excluding carboxylic acids is 3. The van der Waals surface area contributed by atoms with Crippen LogP contribution in [0.4, 0.5) is 5.00 Å². The van der Waals surface area contributed by atoms with Crippen LogP contribution in [0.3, 0.4) is 0 Å². The molecular weight excluding hydrogens is 440 g/mol. The van der Waals surface area contributed by atoms with E-state index in [9.17, 15) is 14.4 Å². The van der Waals surface area contributed by atoms with Gasteiger partial charge in [0.2, 0.25) is 0 Å². The molecule has 2 aromatic heterocycles. The minimum atomic E-state index is -0.585. The zero-order chi connectivity index (χ0) is 24.1. The maximum Gasteiger partial charge on any atom is 0.341 e. The van der Waals surface area contributed by atoms with Crippen LogP contribution in [0.5, 0.6) is 0 Å². The Morgan fingerprint density at radius 2 is 1.67 bits per heavy atom. The van der Waals surface area contributed by atoms with Crippen LogP contribution in [-0.4, -0.2) is 36.0 Å². The maximum atomic E-state index is 13.0. The Labute approximate surface area is 197 Å². The number of esters is 2. The maximum absolute atomic E-state index is 13.0. The third kappa shape index (κ3) is 5.06. The molecule has 0 fully saturated rings. The van der Waals surface area contributed by atoms with E-state index in [1.54, 1.807) is 6.92 Å². The van der Waals surface area contributed by atoms with Crippen molar-refractivity contribution in [2.24, 2.45) is 0 Å². The number of amides is 1. The van der Waals surface area contributed by atoms with Gasteiger partial charge in [-0.3, -0.25) is 9.78 Å². The fourth-order valence-corrected chi connectivity index (χ4v) is 4.99. The van der Waals surface area contributed by atoms with Gasteiger partial charge in [-0.15, -0.1) is 11.3 Å². The molecule has 0 saturated carbocycles. The quantitative estimate of drug-likeness (QED) is 0.467. The van der Waals surface area contributed by atoms with E-state index >= 15 is 0 Å². The predicted molar refractivity (Wildman–Crippen MR) is 129 cm³/mol. The predicted octanol–water partition coefficient (Wildman–Crippen LogP) is 5.01. The first-order chi connectivity index (χ1) is 15.8. The number of anilines is 1. The van der Waals surface area contributed by atoms with Crippen molar-refractivity contribution in [2.75, 3.05) is 18.5 Å². The Hall–Kier alpha value is -3.26. The number of hydrogen-bond donors (Lipinski definition) is 1. The molecule has 1 amide bonds. The van der Waals surface area contributed by atoms with Crippen LogP contribution in [0.2, 0.25) is 0 Å². The minimum absolute atomic E-state index is 0.237. The molecule has 0 unspecified atom stereocenters. The van der Waals surface area contributed by atoms with Crippen LogP contribution < -0.4 is 5.32 Å². The number of fused-ring (bicyclic) bond motifs is 1. The van der Waals surface area contributed by atoms with Crippen molar-refractivity contribution in [3.8, 4) is 0 Å². The van der Waals surface area contributed by atoms with Gasteiger partial charge in [-0.1, -0.05) is 32.0 Å². The molecule has 3 rings (SSSR count). The van der Waals surface area contributed by atoms with Gasteiger partial charge >= 0.3 is 11.9 Å². The molecule has 0 aliphatic carbocycles. The summed E-state index contributed by atoms with van der Waals surface area (Å²) in [7, 11) is 0. The van der Waals surface area contributed by atoms with Crippen LogP contribution in [0.15, 0.2) is 24.3 Å². The Kier molecular flexibility index (Phi) is 7.81. The van der Waals surface area contributed by atoms with E-state index in [2.05, 4.69) is 10.3 Å². The van der Waals surface area contributed by atoms with E-state index in [-0.39, 0.29) is 6.61 Å². The van der Waals surface area contributed by atoms with Crippen molar-refractivity contribution in [1.29, 1.82) is 0 Å². The third-order valence-corrected chi connectivity index (χ3v) is 6.47. The Bertz CT molecular complexity index is 1220. The summed E-state index contributed by atoms with van der Waals surface area (Å²) in [4.78, 5) is 43.6. The number of para-hydroxylation sites is 1. The van der Waals surface area contributed by atoms with Crippen molar-refractivity contribution in [1.82, 2.24) is 4.98 Å². The summed E-state index contributed by atoms with van der Waals surface area (Å²) in [6, 6.07) is 7.36. The van der Waals surface area contributed by atoms with Gasteiger partial charge < -0.3 is 14.8 Å². The lowest BCUT2D eigenvalue weighted by molar-refractivity contribution is -0.119. The number of benzene rings is 1. The molecule has 2 heterocycles. The molecule has 33 heavy (non-hydrogen) atoms. The van der Waals surface area contributed by atoms with Crippen molar-refractivity contribution in [3.63, 3.8) is 0 Å². The van der Waals surface area contributed by atoms with Crippen molar-refractivity contribution < 1.29 is 23.9 Å². The van der Waals surface area contributed by atoms with Gasteiger partial charge in [0, 0.05) is 16.0 Å². The highest BCUT2D eigenvalue weighted by atomic mass is 32.1. The fourth-order valence-electron chi connectivity index (χ4n) is 3.84. The standard InChI is InChI=1S/C25H28N2O5S/c1-6-16-15(5)33-23(22(16)25(30)31-8-3)27-20(28)13-32-24(29)21-14(4)18(7-2)26-19-12-10-9-11-17(19)21/h9-12H,6-8,13H2,1-5H3,(H,27,28). The highest BCUT2D eigenvalue weighted by Gasteiger charge is 2.24. The second kappa shape index (κ2) is 10.6. The SMILES string of the molecule is CCOC(=O)c1c(NC(=O)COC(=O)c2c(C)c(CC)nc3ccccc23)sc(C)c1CC. The summed E-state index contributed by atoms with van der Waals surface area (Å²) in [6.07, 6.45) is 1.31. The molecule has 0 aliphatic heterocycles. The van der Waals surface area contributed by atoms with Gasteiger partial charge in [0.15, 0.2) is 6.61 Å². The smallest absolute Gasteiger partial charge is 0.341 e. The zero-order valence-corrected chi connectivity index (χ0v) is 20.4. The molecule has 0 radical (unpaired) electrons. The first kappa shape index (κ1) is 24.4. The molecule has 8 heteroatoms. The van der Waals surface area contributed by atoms with Gasteiger partial charge in [-0.05, 0) is 50.8 Å². The topological polar surface area (TPSA) is 94.6 Å². The second-order valence-corrected chi connectivity index (χ2v) is 8.69. The number of nitrogens with zero attached hydrogens (tertiary/aromatic N) is 1. The van der Waals surface area contributed by atoms with Crippen molar-refractivity contribution in [2.45, 2.75) is 47.5 Å². The van der Waals surface area contributed by atoms with Gasteiger partial charge in [-0.2, -0.15) is 0 Å². The molecule has 0 saturated heterocycles. The second-order valence-electron chi connectivity index (χ2n) is 7.47. The highest BCUT2D eigenvalue weighted by molar-refractivity contribution is 7.16. The number of ether oxygens (including phenoxy) is 2. The van der Waals surface area contributed by atoms with E-state index in [0.717, 1.165) is 21.7 Å². The fraction of sp³-hybridized carbons (Fsp3) is 0.360. The summed E-state index contributed by atoms with van der Waals surface area (Å²) >= 11 is 1.31. The Balaban J connectivity index is 1.80. The van der Waals surface area contributed by atoms with Crippen molar-refractivity contribution >= 4 is 45.1 Å². The molecule has 7 nitrogen and oxygen atoms in total. The number of aromatic nitrogens is 1. The summed E-state index contributed by atoms with van der Waals surface area (Å²) < 4.78 is 10.5. The highest BCUT2D eigenvalue weighted by Crippen LogP contribution is 2.34. The molecule has 1 N–H and O–H groups in total. The zero-order valence-electron chi connectivity index (χ0n) is 19.5.